The molecule has 0 atom stereocenters. The van der Waals surface area contributed by atoms with Gasteiger partial charge in [0, 0.05) is 12.1 Å². The van der Waals surface area contributed by atoms with Gasteiger partial charge in [-0.05, 0) is 71.2 Å². The summed E-state index contributed by atoms with van der Waals surface area (Å²) in [4.78, 5) is 4.90. The summed E-state index contributed by atoms with van der Waals surface area (Å²) in [6.07, 6.45) is 7.32. The van der Waals surface area contributed by atoms with Crippen molar-refractivity contribution in [2.75, 3.05) is 39.8 Å². The molecule has 2 rings (SSSR count). The van der Waals surface area contributed by atoms with E-state index in [1.807, 2.05) is 26.8 Å². The smallest absolute Gasteiger partial charge is 0.0957 e. The number of hydrogen-bond donors (Lipinski definition) is 0. The minimum Gasteiger partial charge on any atom is -0.306 e. The SMILES string of the molecule is C/C=C(\C#N)CN1CCC2(CCN(C)CC2)CC1.CC. The van der Waals surface area contributed by atoms with Crippen molar-refractivity contribution in [1.82, 2.24) is 9.80 Å². The maximum Gasteiger partial charge on any atom is 0.0957 e. The van der Waals surface area contributed by atoms with E-state index in [1.165, 1.54) is 51.9 Å². The van der Waals surface area contributed by atoms with Crippen molar-refractivity contribution in [3.05, 3.63) is 11.6 Å². The molecule has 20 heavy (non-hydrogen) atoms. The molecule has 0 aliphatic carbocycles. The molecular formula is C17H31N3. The Balaban J connectivity index is 0.000000956. The molecular weight excluding hydrogens is 246 g/mol. The quantitative estimate of drug-likeness (QED) is 0.726. The fourth-order valence-corrected chi connectivity index (χ4v) is 3.21. The second-order valence-electron chi connectivity index (χ2n) is 6.01. The van der Waals surface area contributed by atoms with E-state index in [1.54, 1.807) is 0 Å². The van der Waals surface area contributed by atoms with Crippen LogP contribution in [0.3, 0.4) is 0 Å². The number of allylic oxidation sites excluding steroid dienone is 1. The summed E-state index contributed by atoms with van der Waals surface area (Å²) < 4.78 is 0. The van der Waals surface area contributed by atoms with Crippen LogP contribution in [-0.4, -0.2) is 49.6 Å². The van der Waals surface area contributed by atoms with Crippen molar-refractivity contribution < 1.29 is 0 Å². The third-order valence-electron chi connectivity index (χ3n) is 4.85. The van der Waals surface area contributed by atoms with E-state index in [9.17, 15) is 0 Å². The third kappa shape index (κ3) is 4.61. The van der Waals surface area contributed by atoms with Crippen LogP contribution in [0.15, 0.2) is 11.6 Å². The van der Waals surface area contributed by atoms with E-state index in [0.29, 0.717) is 5.41 Å². The monoisotopic (exact) mass is 277 g/mol. The van der Waals surface area contributed by atoms with Gasteiger partial charge in [-0.15, -0.1) is 0 Å². The van der Waals surface area contributed by atoms with Gasteiger partial charge >= 0.3 is 0 Å². The Hall–Kier alpha value is -0.850. The highest BCUT2D eigenvalue weighted by molar-refractivity contribution is 5.21. The van der Waals surface area contributed by atoms with Crippen LogP contribution in [0.25, 0.3) is 0 Å². The van der Waals surface area contributed by atoms with Crippen molar-refractivity contribution in [1.29, 1.82) is 5.26 Å². The van der Waals surface area contributed by atoms with Crippen LogP contribution in [0.4, 0.5) is 0 Å². The summed E-state index contributed by atoms with van der Waals surface area (Å²) in [5.41, 5.74) is 1.53. The lowest BCUT2D eigenvalue weighted by molar-refractivity contribution is 0.0464. The van der Waals surface area contributed by atoms with Crippen LogP contribution in [0, 0.1) is 16.7 Å². The van der Waals surface area contributed by atoms with E-state index in [0.717, 1.165) is 12.1 Å². The number of nitriles is 1. The van der Waals surface area contributed by atoms with Gasteiger partial charge in [-0.3, -0.25) is 4.90 Å². The Morgan fingerprint density at radius 1 is 1.10 bits per heavy atom. The molecule has 3 heteroatoms. The van der Waals surface area contributed by atoms with Crippen molar-refractivity contribution in [3.63, 3.8) is 0 Å². The second-order valence-corrected chi connectivity index (χ2v) is 6.01. The summed E-state index contributed by atoms with van der Waals surface area (Å²) in [5, 5.41) is 8.98. The molecule has 2 saturated heterocycles. The molecule has 0 aromatic rings. The molecule has 0 amide bonds. The number of nitrogens with zero attached hydrogens (tertiary/aromatic N) is 3. The molecule has 1 spiro atoms. The molecule has 2 heterocycles. The molecule has 0 N–H and O–H groups in total. The van der Waals surface area contributed by atoms with Gasteiger partial charge in [-0.1, -0.05) is 19.9 Å². The standard InChI is InChI=1S/C15H25N3.C2H6/c1-3-14(12-16)13-18-10-6-15(7-11-18)4-8-17(2)9-5-15;1-2/h3H,4-11,13H2,1-2H3;1-2H3/b14-3+;. The van der Waals surface area contributed by atoms with Crippen LogP contribution in [-0.2, 0) is 0 Å². The Morgan fingerprint density at radius 3 is 2.05 bits per heavy atom. The lowest BCUT2D eigenvalue weighted by atomic mass is 9.71. The number of likely N-dealkylation sites (tertiary alicyclic amines) is 2. The third-order valence-corrected chi connectivity index (χ3v) is 4.85. The molecule has 0 aromatic heterocycles. The minimum absolute atomic E-state index is 0.617. The normalized spacial score (nSPS) is 23.9. The van der Waals surface area contributed by atoms with E-state index in [4.69, 9.17) is 5.26 Å². The van der Waals surface area contributed by atoms with Gasteiger partial charge in [-0.25, -0.2) is 0 Å². The molecule has 0 aromatic carbocycles. The lowest BCUT2D eigenvalue weighted by Gasteiger charge is -2.46. The van der Waals surface area contributed by atoms with Crippen molar-refractivity contribution >= 4 is 0 Å². The zero-order chi connectivity index (χ0) is 15.0. The van der Waals surface area contributed by atoms with Crippen LogP contribution in [0.2, 0.25) is 0 Å². The van der Waals surface area contributed by atoms with Crippen LogP contribution in [0.5, 0.6) is 0 Å². The predicted molar refractivity (Wildman–Crippen MR) is 85.6 cm³/mol. The topological polar surface area (TPSA) is 30.3 Å². The van der Waals surface area contributed by atoms with Crippen molar-refractivity contribution in [3.8, 4) is 6.07 Å². The zero-order valence-corrected chi connectivity index (χ0v) is 13.8. The molecule has 2 aliphatic rings. The second kappa shape index (κ2) is 8.44. The largest absolute Gasteiger partial charge is 0.306 e. The molecule has 0 unspecified atom stereocenters. The Kier molecular flexibility index (Phi) is 7.26. The molecule has 2 aliphatic heterocycles. The lowest BCUT2D eigenvalue weighted by Crippen LogP contribution is -2.46. The highest BCUT2D eigenvalue weighted by Gasteiger charge is 2.36. The van der Waals surface area contributed by atoms with Crippen molar-refractivity contribution in [2.45, 2.75) is 46.5 Å². The molecule has 0 radical (unpaired) electrons. The Bertz CT molecular complexity index is 336. The minimum atomic E-state index is 0.617. The van der Waals surface area contributed by atoms with Gasteiger partial charge < -0.3 is 4.90 Å². The zero-order valence-electron chi connectivity index (χ0n) is 13.8. The first-order chi connectivity index (χ1) is 9.67. The van der Waals surface area contributed by atoms with Crippen molar-refractivity contribution in [2.24, 2.45) is 5.41 Å². The highest BCUT2D eigenvalue weighted by atomic mass is 15.1. The average molecular weight is 277 g/mol. The average Bonchev–Trinajstić information content (AvgIpc) is 2.52. The molecule has 0 saturated carbocycles. The fourth-order valence-electron chi connectivity index (χ4n) is 3.21. The fraction of sp³-hybridized carbons (Fsp3) is 0.824. The van der Waals surface area contributed by atoms with Gasteiger partial charge in [0.1, 0.15) is 0 Å². The van der Waals surface area contributed by atoms with Gasteiger partial charge in [0.15, 0.2) is 0 Å². The van der Waals surface area contributed by atoms with E-state index >= 15 is 0 Å². The summed E-state index contributed by atoms with van der Waals surface area (Å²) in [7, 11) is 2.23. The molecule has 2 fully saturated rings. The first-order valence-corrected chi connectivity index (χ1v) is 8.14. The van der Waals surface area contributed by atoms with Gasteiger partial charge in [0.25, 0.3) is 0 Å². The Labute approximate surface area is 125 Å². The van der Waals surface area contributed by atoms with E-state index in [-0.39, 0.29) is 0 Å². The Morgan fingerprint density at radius 2 is 1.60 bits per heavy atom. The number of piperidine rings is 2. The van der Waals surface area contributed by atoms with Gasteiger partial charge in [0.2, 0.25) is 0 Å². The molecule has 0 bridgehead atoms. The number of rotatable bonds is 2. The van der Waals surface area contributed by atoms with Crippen LogP contribution >= 0.6 is 0 Å². The summed E-state index contributed by atoms with van der Waals surface area (Å²) in [5.74, 6) is 0. The van der Waals surface area contributed by atoms with Gasteiger partial charge in [-0.2, -0.15) is 5.26 Å². The first kappa shape index (κ1) is 17.2. The summed E-state index contributed by atoms with van der Waals surface area (Å²) in [6, 6.07) is 2.29. The maximum absolute atomic E-state index is 8.98. The number of hydrogen-bond acceptors (Lipinski definition) is 3. The van der Waals surface area contributed by atoms with E-state index < -0.39 is 0 Å². The summed E-state index contributed by atoms with van der Waals surface area (Å²) in [6.45, 7) is 11.7. The van der Waals surface area contributed by atoms with E-state index in [2.05, 4.69) is 22.9 Å². The maximum atomic E-state index is 8.98. The molecule has 3 nitrogen and oxygen atoms in total. The predicted octanol–water partition coefficient (Wildman–Crippen LogP) is 3.29. The van der Waals surface area contributed by atoms with Crippen LogP contribution in [0.1, 0.15) is 46.5 Å². The highest BCUT2D eigenvalue weighted by Crippen LogP contribution is 2.40. The van der Waals surface area contributed by atoms with Gasteiger partial charge in [0.05, 0.1) is 6.07 Å². The van der Waals surface area contributed by atoms with Crippen LogP contribution < -0.4 is 0 Å². The molecule has 114 valence electrons. The summed E-state index contributed by atoms with van der Waals surface area (Å²) >= 11 is 0. The first-order valence-electron chi connectivity index (χ1n) is 8.14.